The van der Waals surface area contributed by atoms with E-state index in [0.29, 0.717) is 5.02 Å². The summed E-state index contributed by atoms with van der Waals surface area (Å²) in [6.07, 6.45) is 3.58. The number of nitrogens with zero attached hydrogens (tertiary/aromatic N) is 2. The van der Waals surface area contributed by atoms with Gasteiger partial charge < -0.3 is 5.32 Å². The van der Waals surface area contributed by atoms with Gasteiger partial charge in [-0.1, -0.05) is 17.7 Å². The van der Waals surface area contributed by atoms with Crippen molar-refractivity contribution >= 4 is 23.4 Å². The van der Waals surface area contributed by atoms with Crippen molar-refractivity contribution in [1.82, 2.24) is 15.3 Å². The predicted molar refractivity (Wildman–Crippen MR) is 70.4 cm³/mol. The summed E-state index contributed by atoms with van der Waals surface area (Å²) in [4.78, 5) is 8.57. The molecule has 0 aromatic carbocycles. The first-order chi connectivity index (χ1) is 8.29. The first-order valence-corrected chi connectivity index (χ1v) is 6.37. The second-order valence-electron chi connectivity index (χ2n) is 3.43. The summed E-state index contributed by atoms with van der Waals surface area (Å²) in [7, 11) is 1.91. The molecule has 0 aliphatic heterocycles. The molecule has 0 fully saturated rings. The van der Waals surface area contributed by atoms with E-state index in [1.54, 1.807) is 6.20 Å². The van der Waals surface area contributed by atoms with Crippen LogP contribution < -0.4 is 5.32 Å². The van der Waals surface area contributed by atoms with Crippen molar-refractivity contribution in [1.29, 1.82) is 0 Å². The summed E-state index contributed by atoms with van der Waals surface area (Å²) in [5.74, 6) is 0. The normalized spacial score (nSPS) is 10.5. The molecular formula is C12H12ClN3S. The number of rotatable bonds is 4. The zero-order valence-corrected chi connectivity index (χ0v) is 10.9. The van der Waals surface area contributed by atoms with Gasteiger partial charge in [0.05, 0.1) is 5.02 Å². The van der Waals surface area contributed by atoms with Gasteiger partial charge in [-0.2, -0.15) is 0 Å². The highest BCUT2D eigenvalue weighted by Gasteiger charge is 2.04. The molecule has 0 atom stereocenters. The zero-order chi connectivity index (χ0) is 12.1. The molecule has 0 aliphatic carbocycles. The van der Waals surface area contributed by atoms with Crippen LogP contribution >= 0.6 is 23.4 Å². The number of pyridine rings is 2. The van der Waals surface area contributed by atoms with E-state index in [4.69, 9.17) is 11.6 Å². The molecule has 0 spiro atoms. The summed E-state index contributed by atoms with van der Waals surface area (Å²) in [6.45, 7) is 0.822. The monoisotopic (exact) mass is 265 g/mol. The third-order valence-corrected chi connectivity index (χ3v) is 3.49. The van der Waals surface area contributed by atoms with Crippen LogP contribution in [0.5, 0.6) is 0 Å². The van der Waals surface area contributed by atoms with Gasteiger partial charge >= 0.3 is 0 Å². The molecule has 2 aromatic heterocycles. The smallest absolute Gasteiger partial charge is 0.121 e. The fourth-order valence-corrected chi connectivity index (χ4v) is 2.28. The van der Waals surface area contributed by atoms with E-state index in [2.05, 4.69) is 15.3 Å². The van der Waals surface area contributed by atoms with Crippen LogP contribution in [0.25, 0.3) is 0 Å². The number of aromatic nitrogens is 2. The molecule has 0 saturated carbocycles. The minimum absolute atomic E-state index is 0.651. The quantitative estimate of drug-likeness (QED) is 0.922. The number of halogens is 1. The molecule has 2 heterocycles. The topological polar surface area (TPSA) is 37.8 Å². The molecule has 3 nitrogen and oxygen atoms in total. The molecular weight excluding hydrogens is 254 g/mol. The zero-order valence-electron chi connectivity index (χ0n) is 9.35. The van der Waals surface area contributed by atoms with E-state index in [-0.39, 0.29) is 0 Å². The SMILES string of the molecule is CNCc1ccc(Sc2ncccc2Cl)nc1. The molecule has 5 heteroatoms. The lowest BCUT2D eigenvalue weighted by molar-refractivity contribution is 0.809. The van der Waals surface area contributed by atoms with Gasteiger partial charge in [0.15, 0.2) is 0 Å². The third kappa shape index (κ3) is 3.43. The molecule has 1 N–H and O–H groups in total. The predicted octanol–water partition coefficient (Wildman–Crippen LogP) is 3.00. The van der Waals surface area contributed by atoms with Gasteiger partial charge in [0.25, 0.3) is 0 Å². The Labute approximate surface area is 110 Å². The largest absolute Gasteiger partial charge is 0.316 e. The molecule has 17 heavy (non-hydrogen) atoms. The van der Waals surface area contributed by atoms with E-state index < -0.39 is 0 Å². The fraction of sp³-hybridized carbons (Fsp3) is 0.167. The van der Waals surface area contributed by atoms with Gasteiger partial charge in [0.1, 0.15) is 10.1 Å². The summed E-state index contributed by atoms with van der Waals surface area (Å²) in [5, 5.41) is 5.41. The average molecular weight is 266 g/mol. The molecule has 2 aromatic rings. The fourth-order valence-electron chi connectivity index (χ4n) is 1.33. The van der Waals surface area contributed by atoms with Crippen LogP contribution in [0.3, 0.4) is 0 Å². The minimum atomic E-state index is 0.651. The Hall–Kier alpha value is -1.10. The second-order valence-corrected chi connectivity index (χ2v) is 4.84. The number of nitrogens with one attached hydrogen (secondary N) is 1. The van der Waals surface area contributed by atoms with Crippen LogP contribution in [-0.4, -0.2) is 17.0 Å². The first-order valence-electron chi connectivity index (χ1n) is 5.17. The van der Waals surface area contributed by atoms with E-state index in [1.165, 1.54) is 11.8 Å². The summed E-state index contributed by atoms with van der Waals surface area (Å²) >= 11 is 7.50. The van der Waals surface area contributed by atoms with Crippen LogP contribution in [0.4, 0.5) is 0 Å². The van der Waals surface area contributed by atoms with Gasteiger partial charge in [-0.15, -0.1) is 0 Å². The van der Waals surface area contributed by atoms with Crippen LogP contribution in [0.15, 0.2) is 46.7 Å². The van der Waals surface area contributed by atoms with Crippen LogP contribution in [0.1, 0.15) is 5.56 Å². The van der Waals surface area contributed by atoms with Gasteiger partial charge in [-0.3, -0.25) is 0 Å². The Kier molecular flexibility index (Phi) is 4.36. The van der Waals surface area contributed by atoms with E-state index >= 15 is 0 Å². The molecule has 0 radical (unpaired) electrons. The van der Waals surface area contributed by atoms with Crippen molar-refractivity contribution in [2.75, 3.05) is 7.05 Å². The molecule has 0 bridgehead atoms. The van der Waals surface area contributed by atoms with E-state index in [9.17, 15) is 0 Å². The lowest BCUT2D eigenvalue weighted by Gasteiger charge is -2.03. The standard InChI is InChI=1S/C12H12ClN3S/c1-14-7-9-4-5-11(16-8-9)17-12-10(13)3-2-6-15-12/h2-6,8,14H,7H2,1H3. The third-order valence-electron chi connectivity index (χ3n) is 2.10. The average Bonchev–Trinajstić information content (AvgIpc) is 2.35. The maximum absolute atomic E-state index is 6.03. The van der Waals surface area contributed by atoms with Crippen molar-refractivity contribution in [3.63, 3.8) is 0 Å². The maximum Gasteiger partial charge on any atom is 0.121 e. The highest BCUT2D eigenvalue weighted by atomic mass is 35.5. The Balaban J connectivity index is 2.11. The van der Waals surface area contributed by atoms with Crippen molar-refractivity contribution in [3.05, 3.63) is 47.2 Å². The van der Waals surface area contributed by atoms with Crippen LogP contribution in [-0.2, 0) is 6.54 Å². The van der Waals surface area contributed by atoms with Gasteiger partial charge in [0.2, 0.25) is 0 Å². The lowest BCUT2D eigenvalue weighted by atomic mass is 10.3. The van der Waals surface area contributed by atoms with Gasteiger partial charge in [0, 0.05) is 18.9 Å². The van der Waals surface area contributed by atoms with E-state index in [0.717, 1.165) is 22.2 Å². The Bertz CT molecular complexity index is 487. The second kappa shape index (κ2) is 6.00. The van der Waals surface area contributed by atoms with Crippen molar-refractivity contribution in [2.45, 2.75) is 16.6 Å². The van der Waals surface area contributed by atoms with Crippen LogP contribution in [0.2, 0.25) is 5.02 Å². The van der Waals surface area contributed by atoms with Gasteiger partial charge in [-0.05, 0) is 42.6 Å². The van der Waals surface area contributed by atoms with Crippen molar-refractivity contribution in [2.24, 2.45) is 0 Å². The number of hydrogen-bond donors (Lipinski definition) is 1. The van der Waals surface area contributed by atoms with E-state index in [1.807, 2.05) is 37.5 Å². The van der Waals surface area contributed by atoms with Crippen molar-refractivity contribution in [3.8, 4) is 0 Å². The summed E-state index contributed by atoms with van der Waals surface area (Å²) in [6, 6.07) is 7.66. The lowest BCUT2D eigenvalue weighted by Crippen LogP contribution is -2.05. The first kappa shape index (κ1) is 12.4. The Morgan fingerprint density at radius 1 is 1.29 bits per heavy atom. The molecule has 2 rings (SSSR count). The molecule has 0 aliphatic rings. The Morgan fingerprint density at radius 2 is 2.18 bits per heavy atom. The molecule has 0 saturated heterocycles. The molecule has 0 amide bonds. The number of hydrogen-bond acceptors (Lipinski definition) is 4. The molecule has 0 unspecified atom stereocenters. The minimum Gasteiger partial charge on any atom is -0.316 e. The summed E-state index contributed by atoms with van der Waals surface area (Å²) in [5.41, 5.74) is 1.16. The Morgan fingerprint density at radius 3 is 2.82 bits per heavy atom. The molecule has 88 valence electrons. The highest BCUT2D eigenvalue weighted by Crippen LogP contribution is 2.29. The van der Waals surface area contributed by atoms with Gasteiger partial charge in [-0.25, -0.2) is 9.97 Å². The maximum atomic E-state index is 6.03. The van der Waals surface area contributed by atoms with Crippen LogP contribution in [0, 0.1) is 0 Å². The van der Waals surface area contributed by atoms with Crippen molar-refractivity contribution < 1.29 is 0 Å². The highest BCUT2D eigenvalue weighted by molar-refractivity contribution is 7.99. The summed E-state index contributed by atoms with van der Waals surface area (Å²) < 4.78 is 0.